The molecule has 0 aromatic carbocycles. The Kier molecular flexibility index (Phi) is 4.21. The molecule has 1 aromatic rings. The van der Waals surface area contributed by atoms with Gasteiger partial charge in [0.15, 0.2) is 0 Å². The first-order valence-corrected chi connectivity index (χ1v) is 6.39. The average Bonchev–Trinajstić information content (AvgIpc) is 2.82. The molecule has 1 unspecified atom stereocenters. The number of nitrogens with one attached hydrogen (secondary N) is 1. The largest absolute Gasteiger partial charge is 0.465 e. The standard InChI is InChI=1S/C13H20N4O2/c1-17-5-3-4-10(17)8-16-12-11(13(18)19-2)6-9(14)7-15-12/h6-7,10H,3-5,8,14H2,1-2H3,(H,15,16). The number of hydrogen-bond acceptors (Lipinski definition) is 6. The van der Waals surface area contributed by atoms with Crippen LogP contribution < -0.4 is 11.1 Å². The van der Waals surface area contributed by atoms with E-state index in [0.717, 1.165) is 19.5 Å². The summed E-state index contributed by atoms with van der Waals surface area (Å²) in [6, 6.07) is 2.06. The van der Waals surface area contributed by atoms with Gasteiger partial charge in [-0.3, -0.25) is 0 Å². The molecule has 0 aliphatic carbocycles. The van der Waals surface area contributed by atoms with Gasteiger partial charge in [-0.1, -0.05) is 0 Å². The lowest BCUT2D eigenvalue weighted by atomic mass is 10.2. The van der Waals surface area contributed by atoms with Gasteiger partial charge in [0.05, 0.1) is 19.0 Å². The van der Waals surface area contributed by atoms with E-state index in [1.165, 1.54) is 19.7 Å². The van der Waals surface area contributed by atoms with Crippen LogP contribution in [-0.4, -0.2) is 49.1 Å². The summed E-state index contributed by atoms with van der Waals surface area (Å²) >= 11 is 0. The SMILES string of the molecule is COC(=O)c1cc(N)cnc1NCC1CCCN1C. The fourth-order valence-corrected chi connectivity index (χ4v) is 2.34. The molecule has 6 nitrogen and oxygen atoms in total. The van der Waals surface area contributed by atoms with Crippen LogP contribution >= 0.6 is 0 Å². The fourth-order valence-electron chi connectivity index (χ4n) is 2.34. The number of methoxy groups -OCH3 is 1. The molecule has 2 heterocycles. The number of likely N-dealkylation sites (N-methyl/N-ethyl adjacent to an activating group) is 1. The van der Waals surface area contributed by atoms with E-state index in [1.807, 2.05) is 0 Å². The van der Waals surface area contributed by atoms with Crippen molar-refractivity contribution in [3.05, 3.63) is 17.8 Å². The second-order valence-electron chi connectivity index (χ2n) is 4.81. The van der Waals surface area contributed by atoms with Crippen molar-refractivity contribution in [2.45, 2.75) is 18.9 Å². The average molecular weight is 264 g/mol. The molecule has 1 aliphatic heterocycles. The first kappa shape index (κ1) is 13.6. The summed E-state index contributed by atoms with van der Waals surface area (Å²) in [5.74, 6) is 0.100. The highest BCUT2D eigenvalue weighted by atomic mass is 16.5. The number of nitrogens with two attached hydrogens (primary N) is 1. The van der Waals surface area contributed by atoms with Crippen LogP contribution in [0.5, 0.6) is 0 Å². The Morgan fingerprint density at radius 3 is 3.11 bits per heavy atom. The topological polar surface area (TPSA) is 80.5 Å². The zero-order valence-electron chi connectivity index (χ0n) is 11.3. The maximum atomic E-state index is 11.7. The molecule has 19 heavy (non-hydrogen) atoms. The van der Waals surface area contributed by atoms with Gasteiger partial charge in [0.1, 0.15) is 11.4 Å². The lowest BCUT2D eigenvalue weighted by Gasteiger charge is -2.20. The number of likely N-dealkylation sites (tertiary alicyclic amines) is 1. The van der Waals surface area contributed by atoms with E-state index in [4.69, 9.17) is 10.5 Å². The van der Waals surface area contributed by atoms with E-state index in [9.17, 15) is 4.79 Å². The van der Waals surface area contributed by atoms with Gasteiger partial charge in [-0.25, -0.2) is 9.78 Å². The summed E-state index contributed by atoms with van der Waals surface area (Å²) in [5.41, 5.74) is 6.48. The molecule has 6 heteroatoms. The third kappa shape index (κ3) is 3.14. The van der Waals surface area contributed by atoms with Crippen molar-refractivity contribution in [2.75, 3.05) is 38.3 Å². The number of pyridine rings is 1. The molecular formula is C13H20N4O2. The fraction of sp³-hybridized carbons (Fsp3) is 0.538. The number of rotatable bonds is 4. The zero-order chi connectivity index (χ0) is 13.8. The summed E-state index contributed by atoms with van der Waals surface area (Å²) in [6.07, 6.45) is 3.90. The van der Waals surface area contributed by atoms with Gasteiger partial charge < -0.3 is 20.7 Å². The van der Waals surface area contributed by atoms with Crippen molar-refractivity contribution in [2.24, 2.45) is 0 Å². The van der Waals surface area contributed by atoms with E-state index in [1.54, 1.807) is 6.07 Å². The number of nitrogens with zero attached hydrogens (tertiary/aromatic N) is 2. The molecule has 3 N–H and O–H groups in total. The van der Waals surface area contributed by atoms with Crippen LogP contribution in [0.25, 0.3) is 0 Å². The van der Waals surface area contributed by atoms with Crippen molar-refractivity contribution in [3.63, 3.8) is 0 Å². The van der Waals surface area contributed by atoms with Crippen molar-refractivity contribution in [3.8, 4) is 0 Å². The van der Waals surface area contributed by atoms with E-state index < -0.39 is 5.97 Å². The van der Waals surface area contributed by atoms with E-state index >= 15 is 0 Å². The van der Waals surface area contributed by atoms with Gasteiger partial charge in [0.2, 0.25) is 0 Å². The maximum absolute atomic E-state index is 11.7. The molecule has 0 saturated carbocycles. The molecule has 1 fully saturated rings. The minimum Gasteiger partial charge on any atom is -0.465 e. The van der Waals surface area contributed by atoms with Gasteiger partial charge in [0.25, 0.3) is 0 Å². The molecule has 1 aromatic heterocycles. The molecular weight excluding hydrogens is 244 g/mol. The molecule has 0 radical (unpaired) electrons. The first-order chi connectivity index (χ1) is 9.11. The molecule has 1 atom stereocenters. The Labute approximate surface area is 112 Å². The number of hydrogen-bond donors (Lipinski definition) is 2. The molecule has 2 rings (SSSR count). The van der Waals surface area contributed by atoms with Crippen molar-refractivity contribution in [1.29, 1.82) is 0 Å². The summed E-state index contributed by atoms with van der Waals surface area (Å²) in [5, 5.41) is 3.22. The van der Waals surface area contributed by atoms with Crippen LogP contribution in [0, 0.1) is 0 Å². The Bertz CT molecular complexity index is 464. The highest BCUT2D eigenvalue weighted by Crippen LogP contribution is 2.19. The Morgan fingerprint density at radius 1 is 1.68 bits per heavy atom. The molecule has 104 valence electrons. The van der Waals surface area contributed by atoms with Crippen molar-refractivity contribution < 1.29 is 9.53 Å². The minimum atomic E-state index is -0.429. The summed E-state index contributed by atoms with van der Waals surface area (Å²) in [6.45, 7) is 1.88. The third-order valence-corrected chi connectivity index (χ3v) is 3.49. The maximum Gasteiger partial charge on any atom is 0.341 e. The highest BCUT2D eigenvalue weighted by molar-refractivity contribution is 5.95. The molecule has 1 saturated heterocycles. The second kappa shape index (κ2) is 5.88. The van der Waals surface area contributed by atoms with Crippen molar-refractivity contribution >= 4 is 17.5 Å². The van der Waals surface area contributed by atoms with Crippen LogP contribution in [-0.2, 0) is 4.74 Å². The van der Waals surface area contributed by atoms with Gasteiger partial charge in [-0.15, -0.1) is 0 Å². The third-order valence-electron chi connectivity index (χ3n) is 3.49. The van der Waals surface area contributed by atoms with Gasteiger partial charge in [0, 0.05) is 12.6 Å². The lowest BCUT2D eigenvalue weighted by Crippen LogP contribution is -2.32. The molecule has 0 spiro atoms. The molecule has 0 bridgehead atoms. The number of carbonyl (C=O) groups is 1. The molecule has 0 amide bonds. The van der Waals surface area contributed by atoms with Crippen molar-refractivity contribution in [1.82, 2.24) is 9.88 Å². The van der Waals surface area contributed by atoms with Crippen LogP contribution in [0.2, 0.25) is 0 Å². The Morgan fingerprint density at radius 2 is 2.47 bits per heavy atom. The van der Waals surface area contributed by atoms with Gasteiger partial charge >= 0.3 is 5.97 Å². The predicted octanol–water partition coefficient (Wildman–Crippen LogP) is 0.956. The number of ether oxygens (including phenoxy) is 1. The smallest absolute Gasteiger partial charge is 0.341 e. The van der Waals surface area contributed by atoms with E-state index in [2.05, 4.69) is 22.2 Å². The minimum absolute atomic E-state index is 0.378. The summed E-state index contributed by atoms with van der Waals surface area (Å²) in [4.78, 5) is 18.2. The zero-order valence-corrected chi connectivity index (χ0v) is 11.3. The quantitative estimate of drug-likeness (QED) is 0.788. The predicted molar refractivity (Wildman–Crippen MR) is 74.1 cm³/mol. The summed E-state index contributed by atoms with van der Waals surface area (Å²) in [7, 11) is 3.46. The van der Waals surface area contributed by atoms with E-state index in [0.29, 0.717) is 23.1 Å². The number of nitrogen functional groups attached to an aromatic ring is 1. The summed E-state index contributed by atoms with van der Waals surface area (Å²) < 4.78 is 4.74. The van der Waals surface area contributed by atoms with Gasteiger partial charge in [-0.2, -0.15) is 0 Å². The highest BCUT2D eigenvalue weighted by Gasteiger charge is 2.21. The number of carbonyl (C=O) groups excluding carboxylic acids is 1. The number of esters is 1. The van der Waals surface area contributed by atoms with Crippen LogP contribution in [0.1, 0.15) is 23.2 Å². The lowest BCUT2D eigenvalue weighted by molar-refractivity contribution is 0.0601. The number of aromatic nitrogens is 1. The van der Waals surface area contributed by atoms with Gasteiger partial charge in [-0.05, 0) is 32.5 Å². The normalized spacial score (nSPS) is 19.4. The molecule has 1 aliphatic rings. The van der Waals surface area contributed by atoms with E-state index in [-0.39, 0.29) is 0 Å². The Hall–Kier alpha value is -1.82. The number of anilines is 2. The second-order valence-corrected chi connectivity index (χ2v) is 4.81. The first-order valence-electron chi connectivity index (χ1n) is 6.39. The monoisotopic (exact) mass is 264 g/mol. The van der Waals surface area contributed by atoms with Crippen LogP contribution in [0.4, 0.5) is 11.5 Å². The Balaban J connectivity index is 2.08. The van der Waals surface area contributed by atoms with Crippen LogP contribution in [0.3, 0.4) is 0 Å². The van der Waals surface area contributed by atoms with Crippen LogP contribution in [0.15, 0.2) is 12.3 Å².